The van der Waals surface area contributed by atoms with Crippen molar-refractivity contribution in [1.82, 2.24) is 0 Å². The molecule has 1 heteroatoms. The molecule has 0 radical (unpaired) electrons. The fraction of sp³-hybridized carbons (Fsp3) is 0.190. The van der Waals surface area contributed by atoms with Gasteiger partial charge in [0.25, 0.3) is 0 Å². The molecule has 0 spiro atoms. The van der Waals surface area contributed by atoms with Crippen molar-refractivity contribution in [2.24, 2.45) is 0 Å². The lowest BCUT2D eigenvalue weighted by Crippen LogP contribution is -2.16. The summed E-state index contributed by atoms with van der Waals surface area (Å²) in [6, 6.07) is 43.0. The van der Waals surface area contributed by atoms with Crippen molar-refractivity contribution >= 4 is 22.6 Å². The molecule has 0 aliphatic heterocycles. The van der Waals surface area contributed by atoms with Crippen LogP contribution in [0.4, 0.5) is 17.1 Å². The van der Waals surface area contributed by atoms with Gasteiger partial charge >= 0.3 is 0 Å². The lowest BCUT2D eigenvalue weighted by atomic mass is 9.82. The largest absolute Gasteiger partial charge is 0.310 e. The molecule has 0 unspecified atom stereocenters. The summed E-state index contributed by atoms with van der Waals surface area (Å²) in [6.45, 7) is 6.91. The highest BCUT2D eigenvalue weighted by atomic mass is 15.1. The van der Waals surface area contributed by atoms with Gasteiger partial charge in [-0.15, -0.1) is 0 Å². The fourth-order valence-corrected chi connectivity index (χ4v) is 6.80. The van der Waals surface area contributed by atoms with Gasteiger partial charge in [0, 0.05) is 22.5 Å². The molecule has 0 N–H and O–H groups in total. The maximum absolute atomic E-state index is 2.41. The predicted molar refractivity (Wildman–Crippen MR) is 184 cm³/mol. The van der Waals surface area contributed by atoms with Gasteiger partial charge in [0.1, 0.15) is 0 Å². The number of aryl methyl sites for hydroxylation is 1. The minimum atomic E-state index is -0.0513. The monoisotopic (exact) mass is 557 g/mol. The molecule has 0 saturated carbocycles. The van der Waals surface area contributed by atoms with Crippen LogP contribution < -0.4 is 4.90 Å². The zero-order valence-corrected chi connectivity index (χ0v) is 25.5. The molecule has 2 aliphatic carbocycles. The summed E-state index contributed by atoms with van der Waals surface area (Å²) in [6.07, 6.45) is 11.5. The van der Waals surface area contributed by atoms with Crippen LogP contribution in [0.1, 0.15) is 62.3 Å². The third-order valence-corrected chi connectivity index (χ3v) is 9.34. The van der Waals surface area contributed by atoms with Crippen LogP contribution in [0.2, 0.25) is 0 Å². The molecule has 5 aromatic carbocycles. The zero-order chi connectivity index (χ0) is 29.4. The fourth-order valence-electron chi connectivity index (χ4n) is 6.80. The Kier molecular flexibility index (Phi) is 7.11. The first kappa shape index (κ1) is 27.2. The van der Waals surface area contributed by atoms with E-state index in [1.54, 1.807) is 0 Å². The smallest absolute Gasteiger partial charge is 0.0465 e. The molecule has 0 fully saturated rings. The summed E-state index contributed by atoms with van der Waals surface area (Å²) < 4.78 is 0. The summed E-state index contributed by atoms with van der Waals surface area (Å²) in [7, 11) is 0. The van der Waals surface area contributed by atoms with Crippen LogP contribution in [-0.4, -0.2) is 0 Å². The first-order valence-corrected chi connectivity index (χ1v) is 15.7. The molecule has 0 bridgehead atoms. The lowest BCUT2D eigenvalue weighted by molar-refractivity contribution is 0.660. The Morgan fingerprint density at radius 2 is 1.21 bits per heavy atom. The van der Waals surface area contributed by atoms with Gasteiger partial charge in [0.15, 0.2) is 0 Å². The molecule has 2 aliphatic rings. The minimum Gasteiger partial charge on any atom is -0.310 e. The van der Waals surface area contributed by atoms with Crippen molar-refractivity contribution in [2.45, 2.75) is 51.9 Å². The minimum absolute atomic E-state index is 0.0513. The molecule has 0 aromatic heterocycles. The van der Waals surface area contributed by atoms with Crippen molar-refractivity contribution in [3.05, 3.63) is 156 Å². The van der Waals surface area contributed by atoms with Gasteiger partial charge < -0.3 is 4.90 Å². The Bertz CT molecular complexity index is 1820. The highest BCUT2D eigenvalue weighted by Gasteiger charge is 2.35. The van der Waals surface area contributed by atoms with Gasteiger partial charge in [-0.05, 0) is 112 Å². The van der Waals surface area contributed by atoms with Gasteiger partial charge in [-0.25, -0.2) is 0 Å². The highest BCUT2D eigenvalue weighted by Crippen LogP contribution is 2.50. The van der Waals surface area contributed by atoms with Gasteiger partial charge in [-0.1, -0.05) is 118 Å². The van der Waals surface area contributed by atoms with Crippen LogP contribution in [0.25, 0.3) is 27.8 Å². The second-order valence-corrected chi connectivity index (χ2v) is 12.4. The van der Waals surface area contributed by atoms with Crippen molar-refractivity contribution in [2.75, 3.05) is 4.90 Å². The van der Waals surface area contributed by atoms with E-state index in [2.05, 4.69) is 159 Å². The van der Waals surface area contributed by atoms with Gasteiger partial charge in [0.05, 0.1) is 0 Å². The van der Waals surface area contributed by atoms with E-state index >= 15 is 0 Å². The van der Waals surface area contributed by atoms with Gasteiger partial charge in [0.2, 0.25) is 0 Å². The Hall–Kier alpha value is -4.62. The van der Waals surface area contributed by atoms with Crippen molar-refractivity contribution in [3.8, 4) is 22.3 Å². The summed E-state index contributed by atoms with van der Waals surface area (Å²) in [5, 5.41) is 0. The predicted octanol–water partition coefficient (Wildman–Crippen LogP) is 11.8. The zero-order valence-electron chi connectivity index (χ0n) is 25.5. The second-order valence-electron chi connectivity index (χ2n) is 12.4. The summed E-state index contributed by atoms with van der Waals surface area (Å²) in [5.74, 6) is 0. The van der Waals surface area contributed by atoms with E-state index in [0.29, 0.717) is 0 Å². The number of hydrogen-bond donors (Lipinski definition) is 0. The molecule has 0 heterocycles. The topological polar surface area (TPSA) is 3.24 Å². The highest BCUT2D eigenvalue weighted by molar-refractivity contribution is 5.86. The molecule has 7 rings (SSSR count). The standard InChI is InChI=1S/C42H39N/c1-4-30-15-17-32(18-16-30)34-21-25-36(26-22-34)43(35-23-19-33(20-24-35)31-11-7-5-6-8-12-31)37-27-28-39-38-13-9-10-14-40(38)42(2,3)41(39)29-37/h7,9-29H,4-6,8H2,1-3H3. The van der Waals surface area contributed by atoms with Crippen LogP contribution in [0.15, 0.2) is 133 Å². The molecule has 0 atom stereocenters. The molecular weight excluding hydrogens is 518 g/mol. The first-order chi connectivity index (χ1) is 21.0. The quantitative estimate of drug-likeness (QED) is 0.201. The normalized spacial score (nSPS) is 14.9. The third-order valence-electron chi connectivity index (χ3n) is 9.34. The number of hydrogen-bond acceptors (Lipinski definition) is 1. The first-order valence-electron chi connectivity index (χ1n) is 15.7. The average molecular weight is 558 g/mol. The van der Waals surface area contributed by atoms with Crippen LogP contribution in [-0.2, 0) is 11.8 Å². The molecule has 1 nitrogen and oxygen atoms in total. The van der Waals surface area contributed by atoms with E-state index in [0.717, 1.165) is 30.6 Å². The second kappa shape index (κ2) is 11.2. The summed E-state index contributed by atoms with van der Waals surface area (Å²) in [5.41, 5.74) is 15.4. The van der Waals surface area contributed by atoms with Crippen molar-refractivity contribution in [1.29, 1.82) is 0 Å². The maximum Gasteiger partial charge on any atom is 0.0465 e. The number of fused-ring (bicyclic) bond motifs is 3. The Balaban J connectivity index is 1.31. The Labute approximate surface area is 256 Å². The van der Waals surface area contributed by atoms with E-state index in [-0.39, 0.29) is 5.41 Å². The average Bonchev–Trinajstić information content (AvgIpc) is 3.22. The lowest BCUT2D eigenvalue weighted by Gasteiger charge is -2.28. The Morgan fingerprint density at radius 3 is 1.91 bits per heavy atom. The van der Waals surface area contributed by atoms with E-state index in [9.17, 15) is 0 Å². The number of benzene rings is 5. The van der Waals surface area contributed by atoms with E-state index in [4.69, 9.17) is 0 Å². The maximum atomic E-state index is 2.41. The van der Waals surface area contributed by atoms with Crippen molar-refractivity contribution in [3.63, 3.8) is 0 Å². The molecular formula is C42H39N. The van der Waals surface area contributed by atoms with E-state index in [1.165, 1.54) is 62.2 Å². The molecule has 0 saturated heterocycles. The number of allylic oxidation sites excluding steroid dienone is 4. The Morgan fingerprint density at radius 1 is 0.605 bits per heavy atom. The number of nitrogens with zero attached hydrogens (tertiary/aromatic N) is 1. The van der Waals surface area contributed by atoms with Crippen LogP contribution in [0.3, 0.4) is 0 Å². The molecule has 5 aromatic rings. The molecule has 43 heavy (non-hydrogen) atoms. The van der Waals surface area contributed by atoms with Gasteiger partial charge in [-0.2, -0.15) is 0 Å². The molecule has 0 amide bonds. The number of anilines is 3. The molecule has 212 valence electrons. The van der Waals surface area contributed by atoms with Crippen LogP contribution in [0.5, 0.6) is 0 Å². The summed E-state index contributed by atoms with van der Waals surface area (Å²) in [4.78, 5) is 2.41. The van der Waals surface area contributed by atoms with Crippen LogP contribution >= 0.6 is 0 Å². The van der Waals surface area contributed by atoms with E-state index in [1.807, 2.05) is 0 Å². The van der Waals surface area contributed by atoms with Crippen LogP contribution in [0, 0.1) is 0 Å². The van der Waals surface area contributed by atoms with Crippen molar-refractivity contribution < 1.29 is 0 Å². The SMILES string of the molecule is CCc1ccc(-c2ccc(N(c3ccc(C4=CCCCC=C4)cc3)c3ccc4c(c3)C(C)(C)c3ccccc3-4)cc2)cc1. The third kappa shape index (κ3) is 5.04. The number of rotatable bonds is 6. The summed E-state index contributed by atoms with van der Waals surface area (Å²) >= 11 is 0. The van der Waals surface area contributed by atoms with E-state index < -0.39 is 0 Å². The van der Waals surface area contributed by atoms with Gasteiger partial charge in [-0.3, -0.25) is 0 Å².